The second-order valence-electron chi connectivity index (χ2n) is 4.74. The molecule has 0 aromatic heterocycles. The summed E-state index contributed by atoms with van der Waals surface area (Å²) in [6.07, 6.45) is 4.66. The van der Waals surface area contributed by atoms with Crippen LogP contribution in [0.2, 0.25) is 0 Å². The van der Waals surface area contributed by atoms with Crippen LogP contribution in [0.15, 0.2) is 24.3 Å². The fourth-order valence-corrected chi connectivity index (χ4v) is 2.38. The number of rotatable bonds is 7. The lowest BCUT2D eigenvalue weighted by molar-refractivity contribution is 0.191. The summed E-state index contributed by atoms with van der Waals surface area (Å²) in [5, 5.41) is 3.63. The minimum Gasteiger partial charge on any atom is -0.493 e. The van der Waals surface area contributed by atoms with Gasteiger partial charge in [0.15, 0.2) is 0 Å². The molecule has 18 heavy (non-hydrogen) atoms. The molecule has 0 saturated carbocycles. The summed E-state index contributed by atoms with van der Waals surface area (Å²) in [6, 6.07) is 8.79. The maximum atomic E-state index is 5.66. The molecule has 0 bridgehead atoms. The summed E-state index contributed by atoms with van der Waals surface area (Å²) in [6.45, 7) is 2.77. The summed E-state index contributed by atoms with van der Waals surface area (Å²) in [5.74, 6) is 1.04. The number of nitrogens with one attached hydrogen (secondary N) is 1. The van der Waals surface area contributed by atoms with Gasteiger partial charge in [0.05, 0.1) is 6.61 Å². The highest BCUT2D eigenvalue weighted by atomic mass is 16.5. The van der Waals surface area contributed by atoms with Crippen molar-refractivity contribution in [2.75, 3.05) is 26.9 Å². The van der Waals surface area contributed by atoms with E-state index in [0.717, 1.165) is 38.3 Å². The Morgan fingerprint density at radius 1 is 1.28 bits per heavy atom. The molecular weight excluding hydrogens is 226 g/mol. The van der Waals surface area contributed by atoms with Gasteiger partial charge < -0.3 is 14.8 Å². The smallest absolute Gasteiger partial charge is 0.124 e. The second-order valence-corrected chi connectivity index (χ2v) is 4.74. The van der Waals surface area contributed by atoms with Crippen molar-refractivity contribution in [1.29, 1.82) is 0 Å². The first-order valence-electron chi connectivity index (χ1n) is 6.86. The van der Waals surface area contributed by atoms with Gasteiger partial charge in [-0.1, -0.05) is 18.2 Å². The molecule has 3 nitrogen and oxygen atoms in total. The van der Waals surface area contributed by atoms with E-state index in [4.69, 9.17) is 9.47 Å². The number of fused-ring (bicyclic) bond motifs is 1. The molecule has 1 heterocycles. The number of ether oxygens (including phenoxy) is 2. The fourth-order valence-electron chi connectivity index (χ4n) is 2.38. The predicted octanol–water partition coefficient (Wildman–Crippen LogP) is 2.92. The Balaban J connectivity index is 1.74. The number of benzene rings is 1. The van der Waals surface area contributed by atoms with Crippen molar-refractivity contribution in [2.45, 2.75) is 31.7 Å². The molecule has 0 amide bonds. The Hall–Kier alpha value is -1.06. The summed E-state index contributed by atoms with van der Waals surface area (Å²) in [4.78, 5) is 0. The van der Waals surface area contributed by atoms with Gasteiger partial charge in [-0.05, 0) is 31.9 Å². The van der Waals surface area contributed by atoms with E-state index >= 15 is 0 Å². The predicted molar refractivity (Wildman–Crippen MR) is 73.0 cm³/mol. The SMILES string of the molecule is COCCCCCNC1CCOc2ccccc21. The van der Waals surface area contributed by atoms with Gasteiger partial charge in [0.2, 0.25) is 0 Å². The highest BCUT2D eigenvalue weighted by Gasteiger charge is 2.19. The molecule has 100 valence electrons. The lowest BCUT2D eigenvalue weighted by atomic mass is 10.0. The van der Waals surface area contributed by atoms with Gasteiger partial charge >= 0.3 is 0 Å². The molecule has 3 heteroatoms. The van der Waals surface area contributed by atoms with Crippen molar-refractivity contribution >= 4 is 0 Å². The molecule has 1 atom stereocenters. The normalized spacial score (nSPS) is 18.2. The number of hydrogen-bond donors (Lipinski definition) is 1. The molecule has 1 N–H and O–H groups in total. The zero-order chi connectivity index (χ0) is 12.6. The first kappa shape index (κ1) is 13.4. The molecule has 1 aromatic rings. The molecule has 0 radical (unpaired) electrons. The third-order valence-corrected chi connectivity index (χ3v) is 3.37. The average Bonchev–Trinajstić information content (AvgIpc) is 2.43. The monoisotopic (exact) mass is 249 g/mol. The quantitative estimate of drug-likeness (QED) is 0.754. The number of unbranched alkanes of at least 4 members (excludes halogenated alkanes) is 2. The average molecular weight is 249 g/mol. The van der Waals surface area contributed by atoms with Gasteiger partial charge in [0.1, 0.15) is 5.75 Å². The summed E-state index contributed by atoms with van der Waals surface area (Å²) >= 11 is 0. The van der Waals surface area contributed by atoms with Crippen molar-refractivity contribution in [3.05, 3.63) is 29.8 Å². The number of methoxy groups -OCH3 is 1. The number of para-hydroxylation sites is 1. The van der Waals surface area contributed by atoms with Crippen LogP contribution >= 0.6 is 0 Å². The van der Waals surface area contributed by atoms with Gasteiger partial charge in [0.25, 0.3) is 0 Å². The van der Waals surface area contributed by atoms with Gasteiger partial charge in [-0.15, -0.1) is 0 Å². The van der Waals surface area contributed by atoms with E-state index in [1.165, 1.54) is 18.4 Å². The van der Waals surface area contributed by atoms with Crippen molar-refractivity contribution in [3.63, 3.8) is 0 Å². The molecular formula is C15H23NO2. The van der Waals surface area contributed by atoms with Gasteiger partial charge in [-0.2, -0.15) is 0 Å². The van der Waals surface area contributed by atoms with E-state index in [2.05, 4.69) is 23.5 Å². The lowest BCUT2D eigenvalue weighted by Gasteiger charge is -2.26. The van der Waals surface area contributed by atoms with Crippen LogP contribution in [0.5, 0.6) is 5.75 Å². The fraction of sp³-hybridized carbons (Fsp3) is 0.600. The van der Waals surface area contributed by atoms with E-state index in [1.54, 1.807) is 7.11 Å². The van der Waals surface area contributed by atoms with Crippen LogP contribution in [0.1, 0.15) is 37.3 Å². The molecule has 0 spiro atoms. The highest BCUT2D eigenvalue weighted by Crippen LogP contribution is 2.31. The zero-order valence-electron chi connectivity index (χ0n) is 11.2. The molecule has 1 aromatic carbocycles. The Kier molecular flexibility index (Phi) is 5.49. The Labute approximate surface area is 109 Å². The lowest BCUT2D eigenvalue weighted by Crippen LogP contribution is -2.27. The van der Waals surface area contributed by atoms with Crippen LogP contribution in [-0.2, 0) is 4.74 Å². The van der Waals surface area contributed by atoms with Crippen molar-refractivity contribution in [1.82, 2.24) is 5.32 Å². The van der Waals surface area contributed by atoms with Gasteiger partial charge in [0, 0.05) is 31.7 Å². The molecule has 0 saturated heterocycles. The van der Waals surface area contributed by atoms with Crippen LogP contribution in [0.3, 0.4) is 0 Å². The molecule has 0 aliphatic carbocycles. The maximum absolute atomic E-state index is 5.66. The van der Waals surface area contributed by atoms with Gasteiger partial charge in [-0.25, -0.2) is 0 Å². The third kappa shape index (κ3) is 3.72. The summed E-state index contributed by atoms with van der Waals surface area (Å²) in [7, 11) is 1.76. The van der Waals surface area contributed by atoms with Crippen LogP contribution < -0.4 is 10.1 Å². The van der Waals surface area contributed by atoms with E-state index in [-0.39, 0.29) is 0 Å². The van der Waals surface area contributed by atoms with Crippen molar-refractivity contribution in [2.24, 2.45) is 0 Å². The first-order chi connectivity index (χ1) is 8.92. The van der Waals surface area contributed by atoms with E-state index in [1.807, 2.05) is 6.07 Å². The molecule has 1 unspecified atom stereocenters. The largest absolute Gasteiger partial charge is 0.493 e. The topological polar surface area (TPSA) is 30.5 Å². The molecule has 0 fully saturated rings. The van der Waals surface area contributed by atoms with Crippen molar-refractivity contribution < 1.29 is 9.47 Å². The van der Waals surface area contributed by atoms with Gasteiger partial charge in [-0.3, -0.25) is 0 Å². The van der Waals surface area contributed by atoms with Crippen molar-refractivity contribution in [3.8, 4) is 5.75 Å². The Morgan fingerprint density at radius 2 is 2.17 bits per heavy atom. The minimum absolute atomic E-state index is 0.456. The first-order valence-corrected chi connectivity index (χ1v) is 6.86. The molecule has 2 rings (SSSR count). The minimum atomic E-state index is 0.456. The van der Waals surface area contributed by atoms with Crippen LogP contribution in [0, 0.1) is 0 Å². The summed E-state index contributed by atoms with van der Waals surface area (Å²) in [5.41, 5.74) is 1.31. The molecule has 1 aliphatic heterocycles. The number of hydrogen-bond acceptors (Lipinski definition) is 3. The second kappa shape index (κ2) is 7.39. The van der Waals surface area contributed by atoms with E-state index < -0.39 is 0 Å². The van der Waals surface area contributed by atoms with Crippen LogP contribution in [0.4, 0.5) is 0 Å². The third-order valence-electron chi connectivity index (χ3n) is 3.37. The standard InChI is InChI=1S/C15H23NO2/c1-17-11-6-2-5-10-16-14-9-12-18-15-8-4-3-7-13(14)15/h3-4,7-8,14,16H,2,5-6,9-12H2,1H3. The van der Waals surface area contributed by atoms with Crippen LogP contribution in [-0.4, -0.2) is 26.9 Å². The zero-order valence-corrected chi connectivity index (χ0v) is 11.2. The van der Waals surface area contributed by atoms with E-state index in [0.29, 0.717) is 6.04 Å². The van der Waals surface area contributed by atoms with Crippen LogP contribution in [0.25, 0.3) is 0 Å². The Morgan fingerprint density at radius 3 is 3.06 bits per heavy atom. The summed E-state index contributed by atoms with van der Waals surface area (Å²) < 4.78 is 10.7. The Bertz CT molecular complexity index is 354. The van der Waals surface area contributed by atoms with E-state index in [9.17, 15) is 0 Å². The maximum Gasteiger partial charge on any atom is 0.124 e. The highest BCUT2D eigenvalue weighted by molar-refractivity contribution is 5.37. The molecule has 1 aliphatic rings.